The molecule has 0 spiro atoms. The van der Waals surface area contributed by atoms with Crippen LogP contribution in [0.5, 0.6) is 0 Å². The molecule has 0 aromatic heterocycles. The quantitative estimate of drug-likeness (QED) is 0.187. The zero-order valence-corrected chi connectivity index (χ0v) is 21.6. The predicted octanol–water partition coefficient (Wildman–Crippen LogP) is 7.56. The Morgan fingerprint density at radius 2 is 1.56 bits per heavy atom. The van der Waals surface area contributed by atoms with E-state index < -0.39 is 52.3 Å². The third-order valence-electron chi connectivity index (χ3n) is 9.36. The van der Waals surface area contributed by atoms with Crippen LogP contribution in [0.3, 0.4) is 0 Å². The van der Waals surface area contributed by atoms with E-state index in [0.29, 0.717) is 32.1 Å². The number of fused-ring (bicyclic) bond motifs is 5. The van der Waals surface area contributed by atoms with Gasteiger partial charge in [0.1, 0.15) is 11.9 Å². The van der Waals surface area contributed by atoms with Gasteiger partial charge < -0.3 is 9.47 Å². The Morgan fingerprint density at radius 3 is 2.15 bits per heavy atom. The summed E-state index contributed by atoms with van der Waals surface area (Å²) in [5.41, 5.74) is -0.575. The van der Waals surface area contributed by atoms with Gasteiger partial charge in [-0.3, -0.25) is 0 Å². The summed E-state index contributed by atoms with van der Waals surface area (Å²) >= 11 is 4.72. The molecule has 220 valence electrons. The van der Waals surface area contributed by atoms with Gasteiger partial charge in [-0.05, 0) is 84.9 Å². The molecular weight excluding hydrogens is 571 g/mol. The summed E-state index contributed by atoms with van der Waals surface area (Å²) in [4.78, 5) is 23.5. The number of halogens is 10. The van der Waals surface area contributed by atoms with Gasteiger partial charge in [0.05, 0.1) is 0 Å². The van der Waals surface area contributed by atoms with Gasteiger partial charge in [-0.15, -0.1) is 0 Å². The summed E-state index contributed by atoms with van der Waals surface area (Å²) in [6, 6.07) is 0. The van der Waals surface area contributed by atoms with E-state index in [2.05, 4.69) is 0 Å². The van der Waals surface area contributed by atoms with E-state index in [4.69, 9.17) is 21.1 Å². The number of rotatable bonds is 5. The zero-order chi connectivity index (χ0) is 29.4. The Kier molecular flexibility index (Phi) is 7.17. The lowest BCUT2D eigenvalue weighted by molar-refractivity contribution is -0.349. The molecule has 0 aromatic carbocycles. The van der Waals surface area contributed by atoms with Crippen molar-refractivity contribution in [1.82, 2.24) is 0 Å². The van der Waals surface area contributed by atoms with Crippen molar-refractivity contribution >= 4 is 23.5 Å². The molecule has 4 aliphatic rings. The number of ether oxygens (including phenoxy) is 2. The summed E-state index contributed by atoms with van der Waals surface area (Å²) in [5.74, 6) is -17.6. The maximum absolute atomic E-state index is 13.9. The highest BCUT2D eigenvalue weighted by molar-refractivity contribution is 6.31. The molecule has 0 saturated heterocycles. The van der Waals surface area contributed by atoms with Gasteiger partial charge in [-0.25, -0.2) is 9.59 Å². The van der Waals surface area contributed by atoms with E-state index in [9.17, 15) is 49.1 Å². The molecule has 4 nitrogen and oxygen atoms in total. The second kappa shape index (κ2) is 9.30. The highest BCUT2D eigenvalue weighted by Gasteiger charge is 2.77. The van der Waals surface area contributed by atoms with Crippen molar-refractivity contribution < 1.29 is 58.6 Å². The lowest BCUT2D eigenvalue weighted by Crippen LogP contribution is -2.58. The van der Waals surface area contributed by atoms with Crippen molar-refractivity contribution in [3.63, 3.8) is 0 Å². The first-order valence-corrected chi connectivity index (χ1v) is 12.8. The van der Waals surface area contributed by atoms with Gasteiger partial charge >= 0.3 is 35.3 Å². The molecule has 0 radical (unpaired) electrons. The largest absolute Gasteiger partial charge is 0.460 e. The Hall–Kier alpha value is -1.92. The SMILES string of the molecule is CC12CCC(OC(=O)C(F)(F)Cl)=CC1=CCC1C2CCC2(C)C(OC(=O)C(F)(F)C(F)(F)C(F)(F)F)CCC12. The van der Waals surface area contributed by atoms with E-state index in [1.165, 1.54) is 6.08 Å². The molecule has 2 fully saturated rings. The van der Waals surface area contributed by atoms with E-state index in [-0.39, 0.29) is 36.4 Å². The predicted molar refractivity (Wildman–Crippen MR) is 118 cm³/mol. The van der Waals surface area contributed by atoms with Crippen molar-refractivity contribution in [2.75, 3.05) is 0 Å². The van der Waals surface area contributed by atoms with Crippen molar-refractivity contribution in [3.8, 4) is 0 Å². The number of alkyl halides is 10. The fourth-order valence-corrected chi connectivity index (χ4v) is 7.25. The molecule has 0 aromatic rings. The van der Waals surface area contributed by atoms with Crippen LogP contribution < -0.4 is 0 Å². The normalized spacial score (nSPS) is 35.2. The third-order valence-corrected chi connectivity index (χ3v) is 9.51. The third kappa shape index (κ3) is 4.73. The van der Waals surface area contributed by atoms with E-state index in [1.54, 1.807) is 6.92 Å². The van der Waals surface area contributed by atoms with Gasteiger partial charge in [0.2, 0.25) is 0 Å². The molecule has 0 amide bonds. The average molecular weight is 597 g/mol. The first-order valence-electron chi connectivity index (χ1n) is 12.4. The molecule has 4 aliphatic carbocycles. The number of hydrogen-bond donors (Lipinski definition) is 0. The second-order valence-electron chi connectivity index (χ2n) is 11.3. The molecule has 14 heteroatoms. The molecule has 0 heterocycles. The van der Waals surface area contributed by atoms with Crippen molar-refractivity contribution in [2.24, 2.45) is 28.6 Å². The Labute approximate surface area is 222 Å². The van der Waals surface area contributed by atoms with Gasteiger partial charge in [0.15, 0.2) is 0 Å². The minimum atomic E-state index is -6.64. The van der Waals surface area contributed by atoms with Crippen LogP contribution in [0, 0.1) is 28.6 Å². The summed E-state index contributed by atoms with van der Waals surface area (Å²) in [7, 11) is 0. The molecule has 4 rings (SSSR count). The van der Waals surface area contributed by atoms with Crippen molar-refractivity contribution in [2.45, 2.75) is 88.3 Å². The molecule has 6 atom stereocenters. The molecule has 39 heavy (non-hydrogen) atoms. The average Bonchev–Trinajstić information content (AvgIpc) is 3.13. The summed E-state index contributed by atoms with van der Waals surface area (Å²) in [5, 5.41) is -4.17. The fourth-order valence-electron chi connectivity index (χ4n) is 7.21. The summed E-state index contributed by atoms with van der Waals surface area (Å²) in [6.07, 6.45) is -2.12. The molecule has 2 saturated carbocycles. The topological polar surface area (TPSA) is 52.6 Å². The lowest BCUT2D eigenvalue weighted by Gasteiger charge is -2.56. The Morgan fingerprint density at radius 1 is 0.923 bits per heavy atom. The number of hydrogen-bond acceptors (Lipinski definition) is 4. The standard InChI is InChI=1S/C25H26ClF9O4/c1-20-9-7-13(38-19(37)23(26,29)30)11-12(20)3-4-14-15-5-6-17(21(15,2)10-8-16(14)20)39-18(36)22(27,28)24(31,32)25(33,34)35/h3,11,14-17H,4-10H2,1-2H3. The minimum absolute atomic E-state index is 0.0315. The Balaban J connectivity index is 1.52. The van der Waals surface area contributed by atoms with Gasteiger partial charge in [0, 0.05) is 11.8 Å². The van der Waals surface area contributed by atoms with Crippen LogP contribution >= 0.6 is 11.6 Å². The van der Waals surface area contributed by atoms with Crippen LogP contribution in [0.25, 0.3) is 0 Å². The number of allylic oxidation sites excluding steroid dienone is 4. The molecule has 0 N–H and O–H groups in total. The smallest absolute Gasteiger partial charge is 0.457 e. The second-order valence-corrected chi connectivity index (χ2v) is 11.8. The van der Waals surface area contributed by atoms with Crippen LogP contribution in [-0.4, -0.2) is 41.4 Å². The molecule has 6 unspecified atom stereocenters. The van der Waals surface area contributed by atoms with Crippen LogP contribution in [0.15, 0.2) is 23.5 Å². The summed E-state index contributed by atoms with van der Waals surface area (Å²) < 4.78 is 128. The molecule has 0 aliphatic heterocycles. The van der Waals surface area contributed by atoms with Gasteiger partial charge in [-0.2, -0.15) is 39.5 Å². The number of carbonyl (C=O) groups excluding carboxylic acids is 2. The maximum Gasteiger partial charge on any atom is 0.460 e. The first kappa shape index (κ1) is 30.0. The highest BCUT2D eigenvalue weighted by atomic mass is 35.5. The van der Waals surface area contributed by atoms with Crippen molar-refractivity contribution in [3.05, 3.63) is 23.5 Å². The zero-order valence-electron chi connectivity index (χ0n) is 20.8. The van der Waals surface area contributed by atoms with E-state index in [0.717, 1.165) is 5.57 Å². The van der Waals surface area contributed by atoms with E-state index in [1.807, 2.05) is 13.0 Å². The minimum Gasteiger partial charge on any atom is -0.457 e. The lowest BCUT2D eigenvalue weighted by atomic mass is 9.48. The van der Waals surface area contributed by atoms with Crippen LogP contribution in [0.2, 0.25) is 0 Å². The van der Waals surface area contributed by atoms with Gasteiger partial charge in [0.25, 0.3) is 0 Å². The first-order chi connectivity index (χ1) is 17.7. The number of esters is 2. The monoisotopic (exact) mass is 596 g/mol. The highest BCUT2D eigenvalue weighted by Crippen LogP contribution is 2.65. The molecular formula is C25H26ClF9O4. The van der Waals surface area contributed by atoms with Crippen LogP contribution in [0.1, 0.15) is 58.8 Å². The van der Waals surface area contributed by atoms with Crippen LogP contribution in [0.4, 0.5) is 39.5 Å². The Bertz CT molecular complexity index is 1100. The van der Waals surface area contributed by atoms with E-state index >= 15 is 0 Å². The fraction of sp³-hybridized carbons (Fsp3) is 0.760. The number of carbonyl (C=O) groups is 2. The molecule has 0 bridgehead atoms. The van der Waals surface area contributed by atoms with Gasteiger partial charge in [-0.1, -0.05) is 19.9 Å². The van der Waals surface area contributed by atoms with Crippen molar-refractivity contribution in [1.29, 1.82) is 0 Å². The summed E-state index contributed by atoms with van der Waals surface area (Å²) in [6.45, 7) is 3.65. The maximum atomic E-state index is 13.9. The van der Waals surface area contributed by atoms with Crippen LogP contribution in [-0.2, 0) is 19.1 Å².